The summed E-state index contributed by atoms with van der Waals surface area (Å²) >= 11 is 0. The van der Waals surface area contributed by atoms with Gasteiger partial charge in [0.15, 0.2) is 6.10 Å². The number of halogens is 3. The summed E-state index contributed by atoms with van der Waals surface area (Å²) in [6, 6.07) is 20.1. The van der Waals surface area contributed by atoms with Crippen molar-refractivity contribution in [3.05, 3.63) is 95.8 Å². The molecule has 0 amide bonds. The molecule has 1 atom stereocenters. The van der Waals surface area contributed by atoms with Gasteiger partial charge in [0, 0.05) is 35.3 Å². The first-order chi connectivity index (χ1) is 18.7. The maximum absolute atomic E-state index is 12.4. The SMILES string of the molecule is CO/N=C(\c1ccccc1)c1cnc2c(ccn2CCOc2ccc(CC(OCC(F)(F)F)C(=O)O)cc2)c1. The molecular weight excluding hydrogens is 515 g/mol. The normalized spacial score (nSPS) is 12.9. The number of hydrogen-bond donors (Lipinski definition) is 1. The molecule has 0 saturated heterocycles. The molecule has 204 valence electrons. The summed E-state index contributed by atoms with van der Waals surface area (Å²) in [7, 11) is 1.50. The molecule has 0 bridgehead atoms. The van der Waals surface area contributed by atoms with Crippen molar-refractivity contribution < 1.29 is 37.4 Å². The van der Waals surface area contributed by atoms with Gasteiger partial charge in [0.05, 0.1) is 6.54 Å². The second-order valence-electron chi connectivity index (χ2n) is 8.58. The molecule has 0 aliphatic rings. The second-order valence-corrected chi connectivity index (χ2v) is 8.58. The number of alkyl halides is 3. The summed E-state index contributed by atoms with van der Waals surface area (Å²) in [5, 5.41) is 14.3. The highest BCUT2D eigenvalue weighted by Crippen LogP contribution is 2.20. The first-order valence-electron chi connectivity index (χ1n) is 12.0. The van der Waals surface area contributed by atoms with Crippen LogP contribution in [-0.4, -0.2) is 58.9 Å². The van der Waals surface area contributed by atoms with Gasteiger partial charge < -0.3 is 24.0 Å². The predicted molar refractivity (Wildman–Crippen MR) is 138 cm³/mol. The quantitative estimate of drug-likeness (QED) is 0.198. The number of ether oxygens (including phenoxy) is 2. The molecule has 0 saturated carbocycles. The standard InChI is InChI=1S/C28H26F3N3O5/c1-37-33-25(20-5-3-2-4-6-20)22-16-21-11-12-34(26(21)32-17-22)13-14-38-23-9-7-19(8-10-23)15-24(27(35)36)39-18-28(29,30)31/h2-12,16-17,24H,13-15,18H2,1H3,(H,35,36)/b33-25+. The van der Waals surface area contributed by atoms with Gasteiger partial charge in [0.2, 0.25) is 0 Å². The van der Waals surface area contributed by atoms with Crippen molar-refractivity contribution >= 4 is 22.7 Å². The molecule has 4 aromatic rings. The first kappa shape index (κ1) is 27.6. The van der Waals surface area contributed by atoms with E-state index in [2.05, 4.69) is 14.9 Å². The lowest BCUT2D eigenvalue weighted by atomic mass is 10.0. The van der Waals surface area contributed by atoms with E-state index in [0.717, 1.165) is 22.2 Å². The fourth-order valence-electron chi connectivity index (χ4n) is 3.96. The molecule has 0 spiro atoms. The number of aromatic nitrogens is 2. The van der Waals surface area contributed by atoms with Crippen LogP contribution in [0.3, 0.4) is 0 Å². The molecule has 8 nitrogen and oxygen atoms in total. The van der Waals surface area contributed by atoms with Crippen LogP contribution in [0.1, 0.15) is 16.7 Å². The highest BCUT2D eigenvalue weighted by molar-refractivity contribution is 6.13. The van der Waals surface area contributed by atoms with Crippen molar-refractivity contribution in [3.63, 3.8) is 0 Å². The summed E-state index contributed by atoms with van der Waals surface area (Å²) in [5.41, 5.74) is 3.69. The van der Waals surface area contributed by atoms with E-state index in [0.29, 0.717) is 30.2 Å². The number of nitrogens with zero attached hydrogens (tertiary/aromatic N) is 3. The predicted octanol–water partition coefficient (Wildman–Crippen LogP) is 5.09. The van der Waals surface area contributed by atoms with Crippen molar-refractivity contribution in [1.29, 1.82) is 0 Å². The van der Waals surface area contributed by atoms with Crippen molar-refractivity contribution in [2.45, 2.75) is 25.2 Å². The Morgan fingerprint density at radius 1 is 1.08 bits per heavy atom. The van der Waals surface area contributed by atoms with Gasteiger partial charge in [-0.1, -0.05) is 47.6 Å². The molecule has 0 radical (unpaired) electrons. The van der Waals surface area contributed by atoms with Gasteiger partial charge in [0.1, 0.15) is 37.4 Å². The average Bonchev–Trinajstić information content (AvgIpc) is 3.32. The molecule has 39 heavy (non-hydrogen) atoms. The molecule has 11 heteroatoms. The Bertz CT molecular complexity index is 1420. The number of rotatable bonds is 12. The van der Waals surface area contributed by atoms with Crippen molar-refractivity contribution in [2.24, 2.45) is 5.16 Å². The van der Waals surface area contributed by atoms with Crippen molar-refractivity contribution in [1.82, 2.24) is 9.55 Å². The number of carbonyl (C=O) groups is 1. The van der Waals surface area contributed by atoms with Gasteiger partial charge in [-0.2, -0.15) is 13.2 Å². The smallest absolute Gasteiger partial charge is 0.411 e. The summed E-state index contributed by atoms with van der Waals surface area (Å²) in [4.78, 5) is 20.9. The molecule has 2 aromatic heterocycles. The lowest BCUT2D eigenvalue weighted by Crippen LogP contribution is -2.31. The number of pyridine rings is 1. The van der Waals surface area contributed by atoms with Crippen molar-refractivity contribution in [3.8, 4) is 5.75 Å². The van der Waals surface area contributed by atoms with E-state index in [1.807, 2.05) is 53.2 Å². The van der Waals surface area contributed by atoms with E-state index < -0.39 is 24.9 Å². The lowest BCUT2D eigenvalue weighted by Gasteiger charge is -2.15. The maximum Gasteiger partial charge on any atom is 0.411 e. The van der Waals surface area contributed by atoms with Gasteiger partial charge in [0.25, 0.3) is 0 Å². The van der Waals surface area contributed by atoms with E-state index >= 15 is 0 Å². The third kappa shape index (κ3) is 7.57. The summed E-state index contributed by atoms with van der Waals surface area (Å²) < 4.78 is 49.4. The maximum atomic E-state index is 12.4. The zero-order valence-electron chi connectivity index (χ0n) is 21.0. The molecule has 2 aromatic carbocycles. The van der Waals surface area contributed by atoms with Gasteiger partial charge in [-0.15, -0.1) is 0 Å². The van der Waals surface area contributed by atoms with E-state index in [1.54, 1.807) is 30.5 Å². The number of fused-ring (bicyclic) bond motifs is 1. The number of benzene rings is 2. The molecule has 1 unspecified atom stereocenters. The monoisotopic (exact) mass is 541 g/mol. The largest absolute Gasteiger partial charge is 0.492 e. The van der Waals surface area contributed by atoms with Gasteiger partial charge in [-0.25, -0.2) is 9.78 Å². The van der Waals surface area contributed by atoms with Gasteiger partial charge in [-0.05, 0) is 29.8 Å². The highest BCUT2D eigenvalue weighted by atomic mass is 19.4. The van der Waals surface area contributed by atoms with E-state index in [1.165, 1.54) is 7.11 Å². The van der Waals surface area contributed by atoms with Crippen LogP contribution in [0, 0.1) is 0 Å². The number of carboxylic acid groups (broad SMARTS) is 1. The van der Waals surface area contributed by atoms with Crippen LogP contribution in [0.4, 0.5) is 13.2 Å². The summed E-state index contributed by atoms with van der Waals surface area (Å²) in [5.74, 6) is -0.918. The fourth-order valence-corrected chi connectivity index (χ4v) is 3.96. The highest BCUT2D eigenvalue weighted by Gasteiger charge is 2.31. The Hall–Kier alpha value is -4.38. The number of aliphatic carboxylic acids is 1. The Balaban J connectivity index is 1.35. The van der Waals surface area contributed by atoms with Crippen LogP contribution < -0.4 is 4.74 Å². The van der Waals surface area contributed by atoms with Crippen LogP contribution in [0.15, 0.2) is 84.3 Å². The number of oxime groups is 1. The van der Waals surface area contributed by atoms with Crippen LogP contribution >= 0.6 is 0 Å². The fraction of sp³-hybridized carbons (Fsp3) is 0.250. The minimum Gasteiger partial charge on any atom is -0.492 e. The third-order valence-electron chi connectivity index (χ3n) is 5.77. The summed E-state index contributed by atoms with van der Waals surface area (Å²) in [6.45, 7) is -0.772. The van der Waals surface area contributed by atoms with Crippen LogP contribution in [0.25, 0.3) is 11.0 Å². The summed E-state index contributed by atoms with van der Waals surface area (Å²) in [6.07, 6.45) is -2.74. The number of hydrogen-bond acceptors (Lipinski definition) is 6. The Morgan fingerprint density at radius 3 is 2.49 bits per heavy atom. The van der Waals surface area contributed by atoms with Crippen molar-refractivity contribution in [2.75, 3.05) is 20.3 Å². The number of carboxylic acids is 1. The zero-order chi connectivity index (χ0) is 27.8. The first-order valence-corrected chi connectivity index (χ1v) is 12.0. The minimum absolute atomic E-state index is 0.199. The minimum atomic E-state index is -4.60. The van der Waals surface area contributed by atoms with Gasteiger partial charge >= 0.3 is 12.1 Å². The molecule has 0 aliphatic carbocycles. The Morgan fingerprint density at radius 2 is 1.82 bits per heavy atom. The van der Waals surface area contributed by atoms with Crippen LogP contribution in [-0.2, 0) is 27.3 Å². The average molecular weight is 542 g/mol. The Kier molecular flexibility index (Phi) is 8.82. The van der Waals surface area contributed by atoms with Gasteiger partial charge in [-0.3, -0.25) is 0 Å². The Labute approximate surface area is 222 Å². The zero-order valence-corrected chi connectivity index (χ0v) is 21.0. The van der Waals surface area contributed by atoms with E-state index in [4.69, 9.17) is 14.7 Å². The lowest BCUT2D eigenvalue weighted by molar-refractivity contribution is -0.192. The van der Waals surface area contributed by atoms with E-state index in [9.17, 15) is 18.0 Å². The van der Waals surface area contributed by atoms with Crippen LogP contribution in [0.5, 0.6) is 5.75 Å². The molecule has 2 heterocycles. The molecule has 0 fully saturated rings. The molecular formula is C28H26F3N3O5. The molecule has 0 aliphatic heterocycles. The van der Waals surface area contributed by atoms with E-state index in [-0.39, 0.29) is 6.42 Å². The third-order valence-corrected chi connectivity index (χ3v) is 5.77. The topological polar surface area (TPSA) is 95.2 Å². The molecule has 4 rings (SSSR count). The second kappa shape index (κ2) is 12.4. The van der Waals surface area contributed by atoms with Crippen LogP contribution in [0.2, 0.25) is 0 Å². The molecule has 1 N–H and O–H groups in total.